The van der Waals surface area contributed by atoms with Gasteiger partial charge in [-0.05, 0) is 31.7 Å². The van der Waals surface area contributed by atoms with Crippen LogP contribution in [-0.2, 0) is 4.74 Å². The predicted molar refractivity (Wildman–Crippen MR) is 74.8 cm³/mol. The summed E-state index contributed by atoms with van der Waals surface area (Å²) in [5.41, 5.74) is 0.138. The van der Waals surface area contributed by atoms with Gasteiger partial charge < -0.3 is 10.1 Å². The lowest BCUT2D eigenvalue weighted by molar-refractivity contribution is 0.0447. The third kappa shape index (κ3) is 5.15. The summed E-state index contributed by atoms with van der Waals surface area (Å²) < 4.78 is 5.43. The van der Waals surface area contributed by atoms with E-state index in [-0.39, 0.29) is 5.54 Å². The Morgan fingerprint density at radius 2 is 2.00 bits per heavy atom. The van der Waals surface area contributed by atoms with Gasteiger partial charge in [0.2, 0.25) is 0 Å². The van der Waals surface area contributed by atoms with Crippen molar-refractivity contribution in [1.29, 1.82) is 0 Å². The minimum atomic E-state index is 0.138. The lowest BCUT2D eigenvalue weighted by atomic mass is 9.90. The zero-order chi connectivity index (χ0) is 12.6. The zero-order valence-electron chi connectivity index (χ0n) is 11.4. The Labute approximate surface area is 111 Å². The first-order chi connectivity index (χ1) is 8.26. The Hall–Kier alpha value is 0.210. The number of halogens is 1. The third-order valence-electron chi connectivity index (χ3n) is 4.01. The molecule has 1 N–H and O–H groups in total. The van der Waals surface area contributed by atoms with E-state index >= 15 is 0 Å². The van der Waals surface area contributed by atoms with Gasteiger partial charge in [-0.15, -0.1) is 11.6 Å². The average Bonchev–Trinajstić information content (AvgIpc) is 2.40. The molecule has 1 rings (SSSR count). The number of nitrogens with one attached hydrogen (secondary N) is 1. The molecule has 0 spiro atoms. The molecule has 0 radical (unpaired) electrons. The molecule has 0 aromatic carbocycles. The quantitative estimate of drug-likeness (QED) is 0.675. The third-order valence-corrected chi connectivity index (χ3v) is 4.53. The van der Waals surface area contributed by atoms with Crippen LogP contribution in [0.2, 0.25) is 0 Å². The molecule has 1 saturated heterocycles. The molecule has 1 aliphatic rings. The highest BCUT2D eigenvalue weighted by Crippen LogP contribution is 2.23. The summed E-state index contributed by atoms with van der Waals surface area (Å²) in [6.07, 6.45) is 7.36. The van der Waals surface area contributed by atoms with Gasteiger partial charge in [-0.2, -0.15) is 0 Å². The molecule has 1 aliphatic heterocycles. The second kappa shape index (κ2) is 8.34. The Kier molecular flexibility index (Phi) is 7.49. The van der Waals surface area contributed by atoms with Crippen molar-refractivity contribution in [2.45, 2.75) is 57.9 Å². The summed E-state index contributed by atoms with van der Waals surface area (Å²) in [7, 11) is 0. The predicted octanol–water partition coefficient (Wildman–Crippen LogP) is 3.58. The fourth-order valence-electron chi connectivity index (χ4n) is 2.42. The Balaban J connectivity index is 2.34. The molecule has 0 bridgehead atoms. The smallest absolute Gasteiger partial charge is 0.0484 e. The molecule has 0 aromatic heterocycles. The summed E-state index contributed by atoms with van der Waals surface area (Å²) in [6, 6.07) is 0. The van der Waals surface area contributed by atoms with Crippen molar-refractivity contribution in [2.24, 2.45) is 5.92 Å². The van der Waals surface area contributed by atoms with Crippen LogP contribution in [0.25, 0.3) is 0 Å². The molecule has 0 aromatic rings. The second-order valence-electron chi connectivity index (χ2n) is 5.32. The molecular formula is C14H28ClNO. The molecule has 0 amide bonds. The topological polar surface area (TPSA) is 21.3 Å². The van der Waals surface area contributed by atoms with Crippen molar-refractivity contribution in [3.05, 3.63) is 0 Å². The molecule has 3 heteroatoms. The Morgan fingerprint density at radius 3 is 2.53 bits per heavy atom. The van der Waals surface area contributed by atoms with E-state index in [1.807, 2.05) is 0 Å². The van der Waals surface area contributed by atoms with Crippen LogP contribution in [0.15, 0.2) is 0 Å². The molecule has 2 nitrogen and oxygen atoms in total. The summed E-state index contributed by atoms with van der Waals surface area (Å²) in [5.74, 6) is 1.51. The van der Waals surface area contributed by atoms with Gasteiger partial charge in [0.15, 0.2) is 0 Å². The van der Waals surface area contributed by atoms with Gasteiger partial charge in [0.05, 0.1) is 0 Å². The normalized spacial score (nSPS) is 21.4. The van der Waals surface area contributed by atoms with Crippen molar-refractivity contribution >= 4 is 11.6 Å². The molecule has 0 saturated carbocycles. The summed E-state index contributed by atoms with van der Waals surface area (Å²) in [6.45, 7) is 7.37. The van der Waals surface area contributed by atoms with Crippen LogP contribution in [0.5, 0.6) is 0 Å². The largest absolute Gasteiger partial charge is 0.381 e. The van der Waals surface area contributed by atoms with Crippen LogP contribution in [0.1, 0.15) is 52.4 Å². The monoisotopic (exact) mass is 261 g/mol. The first-order valence-electron chi connectivity index (χ1n) is 7.15. The van der Waals surface area contributed by atoms with E-state index in [0.717, 1.165) is 38.5 Å². The van der Waals surface area contributed by atoms with Crippen molar-refractivity contribution in [3.8, 4) is 0 Å². The minimum Gasteiger partial charge on any atom is -0.381 e. The van der Waals surface area contributed by atoms with Gasteiger partial charge in [0.1, 0.15) is 0 Å². The molecule has 102 valence electrons. The molecule has 1 atom stereocenters. The summed E-state index contributed by atoms with van der Waals surface area (Å²) >= 11 is 6.15. The highest BCUT2D eigenvalue weighted by molar-refractivity contribution is 6.18. The van der Waals surface area contributed by atoms with E-state index in [9.17, 15) is 0 Å². The molecule has 17 heavy (non-hydrogen) atoms. The highest BCUT2D eigenvalue weighted by atomic mass is 35.5. The molecule has 1 fully saturated rings. The van der Waals surface area contributed by atoms with Gasteiger partial charge in [0, 0.05) is 24.6 Å². The van der Waals surface area contributed by atoms with Crippen LogP contribution < -0.4 is 5.32 Å². The lowest BCUT2D eigenvalue weighted by Crippen LogP contribution is -2.52. The van der Waals surface area contributed by atoms with Crippen LogP contribution in [0.4, 0.5) is 0 Å². The van der Waals surface area contributed by atoms with E-state index < -0.39 is 0 Å². The van der Waals surface area contributed by atoms with Gasteiger partial charge >= 0.3 is 0 Å². The number of ether oxygens (including phenoxy) is 1. The van der Waals surface area contributed by atoms with Crippen molar-refractivity contribution in [2.75, 3.05) is 25.6 Å². The van der Waals surface area contributed by atoms with Gasteiger partial charge in [-0.25, -0.2) is 0 Å². The Morgan fingerprint density at radius 1 is 1.29 bits per heavy atom. The number of alkyl halides is 1. The fraction of sp³-hybridized carbons (Fsp3) is 1.00. The maximum absolute atomic E-state index is 6.15. The maximum Gasteiger partial charge on any atom is 0.0484 e. The first-order valence-corrected chi connectivity index (χ1v) is 7.68. The van der Waals surface area contributed by atoms with Gasteiger partial charge in [0.25, 0.3) is 0 Å². The van der Waals surface area contributed by atoms with Crippen LogP contribution in [0, 0.1) is 5.92 Å². The minimum absolute atomic E-state index is 0.138. The van der Waals surface area contributed by atoms with E-state index in [0.29, 0.717) is 5.88 Å². The number of hydrogen-bond donors (Lipinski definition) is 1. The standard InChI is InChI=1S/C14H28ClNO/c1-3-5-6-13(4-2)11-16-14(12-15)7-9-17-10-8-14/h13,16H,3-12H2,1-2H3. The second-order valence-corrected chi connectivity index (χ2v) is 5.59. The van der Waals surface area contributed by atoms with Crippen molar-refractivity contribution in [3.63, 3.8) is 0 Å². The van der Waals surface area contributed by atoms with E-state index in [1.165, 1.54) is 25.7 Å². The van der Waals surface area contributed by atoms with Crippen LogP contribution in [0.3, 0.4) is 0 Å². The van der Waals surface area contributed by atoms with Crippen LogP contribution in [-0.4, -0.2) is 31.2 Å². The average molecular weight is 262 g/mol. The Bertz CT molecular complexity index is 193. The first kappa shape index (κ1) is 15.3. The lowest BCUT2D eigenvalue weighted by Gasteiger charge is -2.37. The van der Waals surface area contributed by atoms with Gasteiger partial charge in [-0.1, -0.05) is 33.1 Å². The number of hydrogen-bond acceptors (Lipinski definition) is 2. The fourth-order valence-corrected chi connectivity index (χ4v) is 2.79. The molecular weight excluding hydrogens is 234 g/mol. The van der Waals surface area contributed by atoms with E-state index in [1.54, 1.807) is 0 Å². The maximum atomic E-state index is 6.15. The summed E-state index contributed by atoms with van der Waals surface area (Å²) in [5, 5.41) is 3.73. The molecule has 0 aliphatic carbocycles. The van der Waals surface area contributed by atoms with Crippen molar-refractivity contribution in [1.82, 2.24) is 5.32 Å². The highest BCUT2D eigenvalue weighted by Gasteiger charge is 2.31. The summed E-state index contributed by atoms with van der Waals surface area (Å²) in [4.78, 5) is 0. The van der Waals surface area contributed by atoms with E-state index in [2.05, 4.69) is 19.2 Å². The molecule has 1 unspecified atom stereocenters. The number of unbranched alkanes of at least 4 members (excludes halogenated alkanes) is 1. The zero-order valence-corrected chi connectivity index (χ0v) is 12.2. The van der Waals surface area contributed by atoms with Crippen molar-refractivity contribution < 1.29 is 4.74 Å². The molecule has 1 heterocycles. The SMILES string of the molecule is CCCCC(CC)CNC1(CCl)CCOCC1. The number of rotatable bonds is 8. The van der Waals surface area contributed by atoms with Crippen LogP contribution >= 0.6 is 11.6 Å². The van der Waals surface area contributed by atoms with E-state index in [4.69, 9.17) is 16.3 Å². The van der Waals surface area contributed by atoms with Gasteiger partial charge in [-0.3, -0.25) is 0 Å².